The summed E-state index contributed by atoms with van der Waals surface area (Å²) in [6, 6.07) is 6.12. The van der Waals surface area contributed by atoms with E-state index in [4.69, 9.17) is 5.84 Å². The number of aromatic nitrogens is 1. The molecule has 1 rings (SSSR count). The lowest BCUT2D eigenvalue weighted by Gasteiger charge is -2.14. The van der Waals surface area contributed by atoms with Gasteiger partial charge in [-0.3, -0.25) is 16.3 Å². The van der Waals surface area contributed by atoms with Gasteiger partial charge in [0.25, 0.3) is 0 Å². The van der Waals surface area contributed by atoms with E-state index in [1.54, 1.807) is 6.20 Å². The van der Waals surface area contributed by atoms with Gasteiger partial charge in [0.15, 0.2) is 0 Å². The highest BCUT2D eigenvalue weighted by Gasteiger charge is 2.08. The zero-order valence-electron chi connectivity index (χ0n) is 8.74. The first-order valence-corrected chi connectivity index (χ1v) is 5.25. The first kappa shape index (κ1) is 11.1. The highest BCUT2D eigenvalue weighted by Crippen LogP contribution is 2.16. The van der Waals surface area contributed by atoms with Crippen molar-refractivity contribution in [3.63, 3.8) is 0 Å². The van der Waals surface area contributed by atoms with Crippen LogP contribution in [0.2, 0.25) is 0 Å². The van der Waals surface area contributed by atoms with E-state index in [-0.39, 0.29) is 6.04 Å². The molecule has 1 heterocycles. The first-order valence-electron chi connectivity index (χ1n) is 5.25. The molecule has 1 unspecified atom stereocenters. The van der Waals surface area contributed by atoms with Crippen molar-refractivity contribution in [2.75, 3.05) is 0 Å². The van der Waals surface area contributed by atoms with E-state index >= 15 is 0 Å². The molecule has 0 radical (unpaired) electrons. The Balaban J connectivity index is 2.46. The molecule has 0 aliphatic carbocycles. The van der Waals surface area contributed by atoms with Gasteiger partial charge >= 0.3 is 0 Å². The van der Waals surface area contributed by atoms with Crippen molar-refractivity contribution < 1.29 is 0 Å². The maximum absolute atomic E-state index is 5.50. The van der Waals surface area contributed by atoms with Crippen molar-refractivity contribution in [1.29, 1.82) is 0 Å². The molecule has 78 valence electrons. The van der Waals surface area contributed by atoms with Crippen molar-refractivity contribution in [2.45, 2.75) is 38.6 Å². The van der Waals surface area contributed by atoms with Crippen LogP contribution in [0.5, 0.6) is 0 Å². The number of hydrogen-bond donors (Lipinski definition) is 2. The monoisotopic (exact) mass is 193 g/mol. The molecule has 0 saturated heterocycles. The molecule has 3 nitrogen and oxygen atoms in total. The minimum Gasteiger partial charge on any atom is -0.271 e. The molecule has 3 N–H and O–H groups in total. The van der Waals surface area contributed by atoms with Crippen LogP contribution >= 0.6 is 0 Å². The second-order valence-electron chi connectivity index (χ2n) is 3.47. The van der Waals surface area contributed by atoms with E-state index in [0.29, 0.717) is 0 Å². The standard InChI is InChI=1S/C11H19N3/c1-2-3-4-8-11(14-12)10-7-5-6-9-13-10/h5-7,9,11,14H,2-4,8,12H2,1H3. The summed E-state index contributed by atoms with van der Waals surface area (Å²) in [5, 5.41) is 0. The summed E-state index contributed by atoms with van der Waals surface area (Å²) in [4.78, 5) is 4.29. The quantitative estimate of drug-likeness (QED) is 0.413. The third-order valence-corrected chi connectivity index (χ3v) is 2.34. The maximum atomic E-state index is 5.50. The lowest BCUT2D eigenvalue weighted by atomic mass is 10.1. The third-order valence-electron chi connectivity index (χ3n) is 2.34. The second-order valence-corrected chi connectivity index (χ2v) is 3.47. The molecule has 3 heteroatoms. The fraction of sp³-hybridized carbons (Fsp3) is 0.545. The molecular formula is C11H19N3. The normalized spacial score (nSPS) is 12.7. The number of unbranched alkanes of at least 4 members (excludes halogenated alkanes) is 2. The van der Waals surface area contributed by atoms with Crippen LogP contribution in [0, 0.1) is 0 Å². The van der Waals surface area contributed by atoms with Gasteiger partial charge in [-0.05, 0) is 18.6 Å². The highest BCUT2D eigenvalue weighted by molar-refractivity contribution is 5.08. The van der Waals surface area contributed by atoms with Crippen LogP contribution in [-0.4, -0.2) is 4.98 Å². The fourth-order valence-corrected chi connectivity index (χ4v) is 1.50. The van der Waals surface area contributed by atoms with Crippen LogP contribution < -0.4 is 11.3 Å². The molecule has 0 aromatic carbocycles. The van der Waals surface area contributed by atoms with Crippen LogP contribution in [0.25, 0.3) is 0 Å². The molecule has 14 heavy (non-hydrogen) atoms. The second kappa shape index (κ2) is 6.51. The Morgan fingerprint density at radius 2 is 2.29 bits per heavy atom. The zero-order valence-corrected chi connectivity index (χ0v) is 8.74. The summed E-state index contributed by atoms with van der Waals surface area (Å²) < 4.78 is 0. The Hall–Kier alpha value is -0.930. The largest absolute Gasteiger partial charge is 0.271 e. The Morgan fingerprint density at radius 3 is 2.86 bits per heavy atom. The number of nitrogens with zero attached hydrogens (tertiary/aromatic N) is 1. The molecule has 0 aliphatic heterocycles. The summed E-state index contributed by atoms with van der Waals surface area (Å²) in [6.45, 7) is 2.20. The van der Waals surface area contributed by atoms with Crippen LogP contribution in [-0.2, 0) is 0 Å². The number of pyridine rings is 1. The summed E-state index contributed by atoms with van der Waals surface area (Å²) in [5.41, 5.74) is 3.85. The average Bonchev–Trinajstić information content (AvgIpc) is 2.26. The van der Waals surface area contributed by atoms with Crippen LogP contribution in [0.3, 0.4) is 0 Å². The Kier molecular flexibility index (Phi) is 5.19. The topological polar surface area (TPSA) is 50.9 Å². The smallest absolute Gasteiger partial charge is 0.0632 e. The van der Waals surface area contributed by atoms with Crippen LogP contribution in [0.1, 0.15) is 44.3 Å². The minimum atomic E-state index is 0.197. The Bertz CT molecular complexity index is 236. The first-order chi connectivity index (χ1) is 6.88. The Morgan fingerprint density at radius 1 is 1.43 bits per heavy atom. The van der Waals surface area contributed by atoms with E-state index in [1.165, 1.54) is 19.3 Å². The number of hydrazine groups is 1. The highest BCUT2D eigenvalue weighted by atomic mass is 15.2. The van der Waals surface area contributed by atoms with E-state index in [2.05, 4.69) is 17.3 Å². The minimum absolute atomic E-state index is 0.197. The molecule has 0 amide bonds. The molecular weight excluding hydrogens is 174 g/mol. The zero-order chi connectivity index (χ0) is 10.2. The van der Waals surface area contributed by atoms with E-state index in [0.717, 1.165) is 12.1 Å². The predicted molar refractivity (Wildman–Crippen MR) is 58.4 cm³/mol. The lowest BCUT2D eigenvalue weighted by molar-refractivity contribution is 0.477. The molecule has 1 atom stereocenters. The molecule has 0 bridgehead atoms. The van der Waals surface area contributed by atoms with Gasteiger partial charge in [-0.1, -0.05) is 32.3 Å². The summed E-state index contributed by atoms with van der Waals surface area (Å²) in [5.74, 6) is 5.50. The van der Waals surface area contributed by atoms with Gasteiger partial charge in [-0.15, -0.1) is 0 Å². The molecule has 1 aromatic heterocycles. The van der Waals surface area contributed by atoms with Crippen LogP contribution in [0.4, 0.5) is 0 Å². The van der Waals surface area contributed by atoms with Crippen LogP contribution in [0.15, 0.2) is 24.4 Å². The molecule has 0 spiro atoms. The Labute approximate surface area is 85.7 Å². The number of rotatable bonds is 6. The lowest BCUT2D eigenvalue weighted by Crippen LogP contribution is -2.28. The fourth-order valence-electron chi connectivity index (χ4n) is 1.50. The van der Waals surface area contributed by atoms with Gasteiger partial charge in [-0.2, -0.15) is 0 Å². The average molecular weight is 193 g/mol. The molecule has 1 aromatic rings. The molecule has 0 saturated carbocycles. The van der Waals surface area contributed by atoms with E-state index in [1.807, 2.05) is 18.2 Å². The summed E-state index contributed by atoms with van der Waals surface area (Å²) in [6.07, 6.45) is 6.55. The maximum Gasteiger partial charge on any atom is 0.0632 e. The third kappa shape index (κ3) is 3.44. The van der Waals surface area contributed by atoms with Crippen molar-refractivity contribution in [1.82, 2.24) is 10.4 Å². The van der Waals surface area contributed by atoms with Gasteiger partial charge in [0, 0.05) is 6.20 Å². The SMILES string of the molecule is CCCCCC(NN)c1ccccn1. The van der Waals surface area contributed by atoms with Gasteiger partial charge in [-0.25, -0.2) is 0 Å². The van der Waals surface area contributed by atoms with E-state index < -0.39 is 0 Å². The van der Waals surface area contributed by atoms with Crippen molar-refractivity contribution in [2.24, 2.45) is 5.84 Å². The molecule has 0 aliphatic rings. The van der Waals surface area contributed by atoms with Crippen molar-refractivity contribution in [3.8, 4) is 0 Å². The van der Waals surface area contributed by atoms with Crippen molar-refractivity contribution in [3.05, 3.63) is 30.1 Å². The molecule has 0 fully saturated rings. The van der Waals surface area contributed by atoms with Gasteiger partial charge in [0.05, 0.1) is 11.7 Å². The van der Waals surface area contributed by atoms with Gasteiger partial charge < -0.3 is 0 Å². The summed E-state index contributed by atoms with van der Waals surface area (Å²) in [7, 11) is 0. The van der Waals surface area contributed by atoms with E-state index in [9.17, 15) is 0 Å². The summed E-state index contributed by atoms with van der Waals surface area (Å²) >= 11 is 0. The number of nitrogens with two attached hydrogens (primary N) is 1. The van der Waals surface area contributed by atoms with Crippen molar-refractivity contribution >= 4 is 0 Å². The van der Waals surface area contributed by atoms with Gasteiger partial charge in [0.2, 0.25) is 0 Å². The predicted octanol–water partition coefficient (Wildman–Crippen LogP) is 2.17. The number of hydrogen-bond acceptors (Lipinski definition) is 3. The van der Waals surface area contributed by atoms with Gasteiger partial charge in [0.1, 0.15) is 0 Å². The number of nitrogens with one attached hydrogen (secondary N) is 1.